The molecule has 0 fully saturated rings. The third kappa shape index (κ3) is 14.0. The lowest BCUT2D eigenvalue weighted by molar-refractivity contribution is 0.414. The number of pyridine rings is 6. The standard InChI is InChI=1S/C35H24N2.C31H19N.C27H17N3.C25H19NO/c1-3-12-28(13-4-1)37(29-14-5-2-6-15-29)30-20-17-26(18-21-30)34-32-22-19-25-10-7-8-16-31(25)33(32)24-27-11-9-23-36-35(27)34;1-3-9-25-20(6-1)11-12-22-13-14-23(18-28(22)25)30-27-16-15-21-7-2-4-10-26(21)29(27)19-24-8-5-17-32-31(24)30;1-2-8-22-18(5-1)9-11-23-24(22)15-19-6-4-14-29-27(19)26(23)21-10-12-25(30-17-21)20-7-3-13-28-16-20;1-16-12-19(14-20(13-16)27-2)24-22-10-9-17-6-3-4-8-21(17)23(22)15-18-7-5-11-26-25(18)24/h1-24H;1-19H;1-17H;3-15H,1-2H3. The molecule has 126 heavy (non-hydrogen) atoms. The zero-order chi connectivity index (χ0) is 84.0. The van der Waals surface area contributed by atoms with Crippen LogP contribution in [0.15, 0.2) is 444 Å². The number of hydrogen-bond acceptors (Lipinski definition) is 8. The monoisotopic (exact) mass is 1610 g/mol. The Kier molecular flexibility index (Phi) is 19.6. The minimum atomic E-state index is 0.867. The number of hydrogen-bond donors (Lipinski definition) is 0. The van der Waals surface area contributed by atoms with Crippen LogP contribution >= 0.6 is 0 Å². The van der Waals surface area contributed by atoms with Gasteiger partial charge in [0.25, 0.3) is 0 Å². The van der Waals surface area contributed by atoms with Crippen LogP contribution in [-0.4, -0.2) is 37.0 Å². The Morgan fingerprint density at radius 1 is 0.206 bits per heavy atom. The molecule has 25 aromatic rings. The third-order valence-corrected chi connectivity index (χ3v) is 24.5. The van der Waals surface area contributed by atoms with E-state index < -0.39 is 0 Å². The molecule has 0 radical (unpaired) electrons. The second kappa shape index (κ2) is 32.7. The molecule has 0 N–H and O–H groups in total. The van der Waals surface area contributed by atoms with Crippen molar-refractivity contribution in [3.8, 4) is 61.5 Å². The number of nitrogens with zero attached hydrogens (tertiary/aromatic N) is 7. The highest BCUT2D eigenvalue weighted by atomic mass is 16.5. The minimum Gasteiger partial charge on any atom is -0.497 e. The van der Waals surface area contributed by atoms with E-state index in [0.29, 0.717) is 0 Å². The molecule has 6 heterocycles. The molecule has 25 rings (SSSR count). The fourth-order valence-corrected chi connectivity index (χ4v) is 18.7. The maximum Gasteiger partial charge on any atom is 0.119 e. The van der Waals surface area contributed by atoms with E-state index in [9.17, 15) is 0 Å². The molecule has 8 nitrogen and oxygen atoms in total. The summed E-state index contributed by atoms with van der Waals surface area (Å²) in [5, 5.41) is 29.7. The quantitative estimate of drug-likeness (QED) is 0.104. The van der Waals surface area contributed by atoms with Gasteiger partial charge >= 0.3 is 0 Å². The number of aryl methyl sites for hydroxylation is 1. The summed E-state index contributed by atoms with van der Waals surface area (Å²) in [5.74, 6) is 0.867. The molecule has 0 bridgehead atoms. The maximum absolute atomic E-state index is 5.53. The van der Waals surface area contributed by atoms with E-state index >= 15 is 0 Å². The number of ether oxygens (including phenoxy) is 1. The van der Waals surface area contributed by atoms with Crippen molar-refractivity contribution in [2.45, 2.75) is 6.92 Å². The summed E-state index contributed by atoms with van der Waals surface area (Å²) in [6.45, 7) is 2.10. The topological polar surface area (TPSA) is 89.8 Å². The van der Waals surface area contributed by atoms with Crippen LogP contribution in [0.4, 0.5) is 17.1 Å². The number of methoxy groups -OCH3 is 1. The van der Waals surface area contributed by atoms with Gasteiger partial charge in [-0.15, -0.1) is 0 Å². The number of benzene rings is 19. The van der Waals surface area contributed by atoms with E-state index in [2.05, 4.69) is 381 Å². The van der Waals surface area contributed by atoms with Crippen molar-refractivity contribution in [3.05, 3.63) is 449 Å². The van der Waals surface area contributed by atoms with Crippen molar-refractivity contribution in [1.82, 2.24) is 29.9 Å². The SMILES string of the molecule is COc1cc(C)cc(-c2c3ccc4ccccc4c3cc3cccnc23)c1.c1ccc(N(c2ccccc2)c2ccc(-c3c4ccc5ccccc5c4cc4cccnc34)cc2)cc1.c1cnc2c(-c3ccc4ccc5ccccc5c4c3)c3ccc4ccccc4c3cc2c1.c1cncc(-c2ccc(-c3c4ccc5ccccc5c4cc4cccnc34)cn2)c1. The summed E-state index contributed by atoms with van der Waals surface area (Å²) >= 11 is 0. The molecule has 592 valence electrons. The molecule has 0 saturated carbocycles. The van der Waals surface area contributed by atoms with Gasteiger partial charge in [-0.05, 0) is 258 Å². The zero-order valence-corrected chi connectivity index (χ0v) is 69.2. The fourth-order valence-electron chi connectivity index (χ4n) is 18.7. The van der Waals surface area contributed by atoms with Gasteiger partial charge < -0.3 is 9.64 Å². The van der Waals surface area contributed by atoms with E-state index in [1.54, 1.807) is 13.3 Å². The minimum absolute atomic E-state index is 0.867. The van der Waals surface area contributed by atoms with Crippen LogP contribution in [0, 0.1) is 6.92 Å². The van der Waals surface area contributed by atoms with Gasteiger partial charge in [0.15, 0.2) is 0 Å². The summed E-state index contributed by atoms with van der Waals surface area (Å²) in [7, 11) is 1.71. The van der Waals surface area contributed by atoms with E-state index in [1.165, 1.54) is 135 Å². The number of anilines is 3. The molecule has 0 unspecified atom stereocenters. The Bertz CT molecular complexity index is 8480. The Hall–Kier alpha value is -16.7. The first-order valence-electron chi connectivity index (χ1n) is 42.6. The third-order valence-electron chi connectivity index (χ3n) is 24.5. The molecule has 0 amide bonds. The van der Waals surface area contributed by atoms with Crippen LogP contribution in [0.25, 0.3) is 207 Å². The van der Waals surface area contributed by atoms with Gasteiger partial charge in [0.05, 0.1) is 34.9 Å². The first-order valence-corrected chi connectivity index (χ1v) is 42.6. The normalized spacial score (nSPS) is 11.4. The number of aromatic nitrogens is 6. The molecular weight excluding hydrogens is 1530 g/mol. The molecule has 0 saturated heterocycles. The van der Waals surface area contributed by atoms with Crippen LogP contribution < -0.4 is 9.64 Å². The van der Waals surface area contributed by atoms with Crippen LogP contribution in [0.3, 0.4) is 0 Å². The Morgan fingerprint density at radius 2 is 0.548 bits per heavy atom. The lowest BCUT2D eigenvalue weighted by Gasteiger charge is -2.25. The largest absolute Gasteiger partial charge is 0.497 e. The molecule has 19 aromatic carbocycles. The summed E-state index contributed by atoms with van der Waals surface area (Å²) in [6, 6.07) is 142. The summed E-state index contributed by atoms with van der Waals surface area (Å²) in [4.78, 5) is 30.3. The van der Waals surface area contributed by atoms with E-state index in [1.807, 2.05) is 73.6 Å². The van der Waals surface area contributed by atoms with Gasteiger partial charge in [0.2, 0.25) is 0 Å². The molecule has 0 aliphatic carbocycles. The highest BCUT2D eigenvalue weighted by Crippen LogP contribution is 2.46. The van der Waals surface area contributed by atoms with Crippen molar-refractivity contribution in [2.75, 3.05) is 12.0 Å². The van der Waals surface area contributed by atoms with E-state index in [0.717, 1.165) is 100 Å². The molecule has 6 aromatic heterocycles. The van der Waals surface area contributed by atoms with Gasteiger partial charge in [-0.3, -0.25) is 29.9 Å². The second-order valence-corrected chi connectivity index (χ2v) is 32.0. The predicted octanol–water partition coefficient (Wildman–Crippen LogP) is 31.4. The number of para-hydroxylation sites is 2. The first kappa shape index (κ1) is 75.5. The van der Waals surface area contributed by atoms with E-state index in [-0.39, 0.29) is 0 Å². The van der Waals surface area contributed by atoms with Crippen LogP contribution in [0.2, 0.25) is 0 Å². The Balaban J connectivity index is 0.000000100. The van der Waals surface area contributed by atoms with Crippen LogP contribution in [0.1, 0.15) is 5.56 Å². The van der Waals surface area contributed by atoms with Crippen LogP contribution in [-0.2, 0) is 0 Å². The van der Waals surface area contributed by atoms with Crippen molar-refractivity contribution in [2.24, 2.45) is 0 Å². The van der Waals surface area contributed by atoms with E-state index in [4.69, 9.17) is 29.7 Å². The van der Waals surface area contributed by atoms with Crippen molar-refractivity contribution >= 4 is 168 Å². The maximum atomic E-state index is 5.53. The first-order chi connectivity index (χ1) is 62.4. The Labute approximate surface area is 727 Å². The molecular formula is C118H79N7O. The van der Waals surface area contributed by atoms with Gasteiger partial charge in [0.1, 0.15) is 5.75 Å². The summed E-state index contributed by atoms with van der Waals surface area (Å²) < 4.78 is 5.53. The van der Waals surface area contributed by atoms with Crippen molar-refractivity contribution in [3.63, 3.8) is 0 Å². The highest BCUT2D eigenvalue weighted by Gasteiger charge is 2.21. The van der Waals surface area contributed by atoms with Gasteiger partial charge in [-0.25, -0.2) is 0 Å². The van der Waals surface area contributed by atoms with Crippen molar-refractivity contribution < 1.29 is 4.74 Å². The Morgan fingerprint density at radius 3 is 0.960 bits per heavy atom. The second-order valence-electron chi connectivity index (χ2n) is 32.0. The average molecular weight is 1610 g/mol. The molecule has 8 heteroatoms. The van der Waals surface area contributed by atoms with Crippen LogP contribution in [0.5, 0.6) is 5.75 Å². The summed E-state index contributed by atoms with van der Waals surface area (Å²) in [6.07, 6.45) is 13.1. The fraction of sp³-hybridized carbons (Fsp3) is 0.0169. The molecule has 0 aliphatic heterocycles. The number of rotatable bonds is 9. The van der Waals surface area contributed by atoms with Gasteiger partial charge in [0, 0.05) is 115 Å². The van der Waals surface area contributed by atoms with Gasteiger partial charge in [-0.2, -0.15) is 0 Å². The predicted molar refractivity (Wildman–Crippen MR) is 531 cm³/mol. The highest BCUT2D eigenvalue weighted by molar-refractivity contribution is 6.24. The average Bonchev–Trinajstić information content (AvgIpc) is 0.654. The molecule has 0 aliphatic rings. The summed E-state index contributed by atoms with van der Waals surface area (Å²) in [5.41, 5.74) is 19.8. The lowest BCUT2D eigenvalue weighted by Crippen LogP contribution is -2.09. The smallest absolute Gasteiger partial charge is 0.119 e. The van der Waals surface area contributed by atoms with Crippen molar-refractivity contribution in [1.29, 1.82) is 0 Å². The number of fused-ring (bicyclic) bond motifs is 19. The van der Waals surface area contributed by atoms with Gasteiger partial charge in [-0.1, -0.05) is 279 Å². The lowest BCUT2D eigenvalue weighted by atomic mass is 9.90. The zero-order valence-electron chi connectivity index (χ0n) is 69.2. The molecule has 0 spiro atoms. The molecule has 0 atom stereocenters.